The number of nitrogens with zero attached hydrogens (tertiary/aromatic N) is 4. The van der Waals surface area contributed by atoms with E-state index in [9.17, 15) is 9.59 Å². The molecule has 0 aliphatic carbocycles. The number of aryl methyl sites for hydroxylation is 3. The molecule has 0 fully saturated rings. The molecule has 30 heavy (non-hydrogen) atoms. The van der Waals surface area contributed by atoms with Crippen LogP contribution in [0.3, 0.4) is 0 Å². The van der Waals surface area contributed by atoms with Gasteiger partial charge in [-0.25, -0.2) is 18.3 Å². The molecule has 0 spiro atoms. The van der Waals surface area contributed by atoms with Gasteiger partial charge in [0.25, 0.3) is 0 Å². The molecule has 10 nitrogen and oxygen atoms in total. The number of esters is 2. The van der Waals surface area contributed by atoms with Crippen molar-refractivity contribution < 1.29 is 37.7 Å². The third kappa shape index (κ3) is 7.36. The molecule has 0 bridgehead atoms. The van der Waals surface area contributed by atoms with Crippen LogP contribution in [0.4, 0.5) is 0 Å². The normalized spacial score (nSPS) is 11.1. The van der Waals surface area contributed by atoms with Crippen molar-refractivity contribution >= 4 is 11.9 Å². The van der Waals surface area contributed by atoms with Crippen LogP contribution in [-0.4, -0.2) is 60.7 Å². The zero-order chi connectivity index (χ0) is 21.9. The predicted molar refractivity (Wildman–Crippen MR) is 105 cm³/mol. The maximum Gasteiger partial charge on any atom is 0.373 e. The molecule has 2 rings (SSSR count). The fourth-order valence-electron chi connectivity index (χ4n) is 2.97. The predicted octanol–water partition coefficient (Wildman–Crippen LogP) is -0.328. The molecule has 2 aromatic rings. The molecular formula is C20H32N4O6+2. The van der Waals surface area contributed by atoms with Gasteiger partial charge in [0.15, 0.2) is 0 Å². The SMILES string of the molecule is CC(=O)OC(=O)CCOCCOCCOCCn1cc[n+](C)c1-c1n(C)cc[n+]1C. The third-order valence-electron chi connectivity index (χ3n) is 4.39. The maximum absolute atomic E-state index is 11.1. The second-order valence-corrected chi connectivity index (χ2v) is 6.82. The van der Waals surface area contributed by atoms with E-state index in [1.165, 1.54) is 6.92 Å². The first-order valence-corrected chi connectivity index (χ1v) is 9.90. The van der Waals surface area contributed by atoms with Crippen LogP contribution >= 0.6 is 0 Å². The first-order valence-electron chi connectivity index (χ1n) is 9.90. The number of aromatic nitrogens is 4. The van der Waals surface area contributed by atoms with Gasteiger partial charge in [-0.2, -0.15) is 0 Å². The molecule has 2 heterocycles. The molecule has 0 N–H and O–H groups in total. The number of carbonyl (C=O) groups is 2. The number of carbonyl (C=O) groups excluding carboxylic acids is 2. The first kappa shape index (κ1) is 23.7. The fraction of sp³-hybridized carbons (Fsp3) is 0.600. The summed E-state index contributed by atoms with van der Waals surface area (Å²) in [6.45, 7) is 4.43. The molecule has 0 aromatic carbocycles. The number of ether oxygens (including phenoxy) is 4. The smallest absolute Gasteiger partial charge is 0.373 e. The van der Waals surface area contributed by atoms with Gasteiger partial charge >= 0.3 is 23.6 Å². The van der Waals surface area contributed by atoms with E-state index >= 15 is 0 Å². The Morgan fingerprint density at radius 1 is 0.867 bits per heavy atom. The first-order chi connectivity index (χ1) is 14.4. The number of imidazole rings is 2. The average molecular weight is 424 g/mol. The van der Waals surface area contributed by atoms with E-state index in [-0.39, 0.29) is 13.0 Å². The van der Waals surface area contributed by atoms with Crippen molar-refractivity contribution in [3.8, 4) is 11.6 Å². The Balaban J connectivity index is 1.56. The van der Waals surface area contributed by atoms with Crippen LogP contribution in [0.2, 0.25) is 0 Å². The van der Waals surface area contributed by atoms with Crippen molar-refractivity contribution in [1.29, 1.82) is 0 Å². The summed E-state index contributed by atoms with van der Waals surface area (Å²) in [6, 6.07) is 0. The van der Waals surface area contributed by atoms with E-state index in [0.29, 0.717) is 33.0 Å². The van der Waals surface area contributed by atoms with Crippen LogP contribution in [0.1, 0.15) is 13.3 Å². The Kier molecular flexibility index (Phi) is 9.65. The van der Waals surface area contributed by atoms with Gasteiger partial charge in [0.05, 0.1) is 67.2 Å². The summed E-state index contributed by atoms with van der Waals surface area (Å²) in [5.74, 6) is 1.02. The largest absolute Gasteiger partial charge is 0.393 e. The Morgan fingerprint density at radius 3 is 2.03 bits per heavy atom. The van der Waals surface area contributed by atoms with Gasteiger partial charge in [-0.05, 0) is 0 Å². The highest BCUT2D eigenvalue weighted by Gasteiger charge is 2.28. The second-order valence-electron chi connectivity index (χ2n) is 6.82. The molecular weight excluding hydrogens is 392 g/mol. The van der Waals surface area contributed by atoms with Crippen LogP contribution in [0.15, 0.2) is 24.8 Å². The maximum atomic E-state index is 11.1. The minimum atomic E-state index is -0.612. The van der Waals surface area contributed by atoms with Crippen molar-refractivity contribution in [1.82, 2.24) is 9.13 Å². The molecule has 0 atom stereocenters. The van der Waals surface area contributed by atoms with Gasteiger partial charge in [-0.3, -0.25) is 9.59 Å². The molecule has 0 unspecified atom stereocenters. The summed E-state index contributed by atoms with van der Waals surface area (Å²) in [4.78, 5) is 21.7. The number of rotatable bonds is 13. The molecule has 0 aliphatic heterocycles. The molecule has 0 saturated heterocycles. The van der Waals surface area contributed by atoms with E-state index in [4.69, 9.17) is 14.2 Å². The quantitative estimate of drug-likeness (QED) is 0.189. The summed E-state index contributed by atoms with van der Waals surface area (Å²) in [5, 5.41) is 0. The summed E-state index contributed by atoms with van der Waals surface area (Å²) in [5.41, 5.74) is 0. The lowest BCUT2D eigenvalue weighted by Crippen LogP contribution is -2.38. The van der Waals surface area contributed by atoms with Crippen molar-refractivity contribution in [3.63, 3.8) is 0 Å². The lowest BCUT2D eigenvalue weighted by molar-refractivity contribution is -0.690. The highest BCUT2D eigenvalue weighted by atomic mass is 16.6. The summed E-state index contributed by atoms with van der Waals surface area (Å²) in [7, 11) is 6.09. The van der Waals surface area contributed by atoms with Crippen LogP contribution in [0, 0.1) is 0 Å². The van der Waals surface area contributed by atoms with Gasteiger partial charge < -0.3 is 18.9 Å². The van der Waals surface area contributed by atoms with Crippen LogP contribution in [0.5, 0.6) is 0 Å². The lowest BCUT2D eigenvalue weighted by Gasteiger charge is -2.06. The van der Waals surface area contributed by atoms with Gasteiger partial charge in [-0.15, -0.1) is 0 Å². The van der Waals surface area contributed by atoms with E-state index in [0.717, 1.165) is 18.2 Å². The van der Waals surface area contributed by atoms with Crippen LogP contribution < -0.4 is 9.13 Å². The van der Waals surface area contributed by atoms with Crippen LogP contribution in [0.25, 0.3) is 11.6 Å². The number of hydrogen-bond acceptors (Lipinski definition) is 6. The van der Waals surface area contributed by atoms with E-state index in [2.05, 4.69) is 23.0 Å². The molecule has 0 aliphatic rings. The summed E-state index contributed by atoms with van der Waals surface area (Å²) in [6.07, 6.45) is 8.18. The molecule has 166 valence electrons. The topological polar surface area (TPSA) is 88.7 Å². The zero-order valence-corrected chi connectivity index (χ0v) is 18.2. The summed E-state index contributed by atoms with van der Waals surface area (Å²) < 4.78 is 29.2. The fourth-order valence-corrected chi connectivity index (χ4v) is 2.97. The van der Waals surface area contributed by atoms with Gasteiger partial charge in [0.2, 0.25) is 0 Å². The minimum absolute atomic E-state index is 0.0443. The Bertz CT molecular complexity index is 810. The van der Waals surface area contributed by atoms with Crippen molar-refractivity contribution in [2.24, 2.45) is 21.1 Å². The third-order valence-corrected chi connectivity index (χ3v) is 4.39. The van der Waals surface area contributed by atoms with E-state index < -0.39 is 11.9 Å². The second kappa shape index (κ2) is 12.2. The van der Waals surface area contributed by atoms with Crippen molar-refractivity contribution in [2.45, 2.75) is 19.9 Å². The van der Waals surface area contributed by atoms with E-state index in [1.54, 1.807) is 0 Å². The average Bonchev–Trinajstić information content (AvgIpc) is 3.20. The summed E-state index contributed by atoms with van der Waals surface area (Å²) >= 11 is 0. The Labute approximate surface area is 176 Å². The minimum Gasteiger partial charge on any atom is -0.393 e. The van der Waals surface area contributed by atoms with Gasteiger partial charge in [0, 0.05) is 6.92 Å². The molecule has 2 aromatic heterocycles. The van der Waals surface area contributed by atoms with Crippen molar-refractivity contribution in [2.75, 3.05) is 39.6 Å². The van der Waals surface area contributed by atoms with Crippen LogP contribution in [-0.2, 0) is 56.2 Å². The molecule has 0 saturated carbocycles. The molecule has 0 radical (unpaired) electrons. The monoisotopic (exact) mass is 424 g/mol. The molecule has 0 amide bonds. The Morgan fingerprint density at radius 2 is 1.43 bits per heavy atom. The standard InChI is InChI=1S/C20H32N4O6/c1-17(25)30-18(26)5-11-27-13-15-29-16-14-28-12-10-24-9-8-23(4)20(24)19-21(2)6-7-22(19)3/h6-9H,5,10-16H2,1-4H3/q+2. The Hall–Kier alpha value is -2.56. The van der Waals surface area contributed by atoms with Gasteiger partial charge in [-0.1, -0.05) is 0 Å². The van der Waals surface area contributed by atoms with E-state index in [1.807, 2.05) is 45.9 Å². The number of hydrogen-bond donors (Lipinski definition) is 0. The lowest BCUT2D eigenvalue weighted by atomic mass is 10.5. The highest BCUT2D eigenvalue weighted by molar-refractivity contribution is 5.84. The van der Waals surface area contributed by atoms with Crippen molar-refractivity contribution in [3.05, 3.63) is 24.8 Å². The molecule has 10 heteroatoms. The zero-order valence-electron chi connectivity index (χ0n) is 18.2. The van der Waals surface area contributed by atoms with Gasteiger partial charge in [0.1, 0.15) is 31.3 Å². The highest BCUT2D eigenvalue weighted by Crippen LogP contribution is 2.10.